The number of anilines is 3. The summed E-state index contributed by atoms with van der Waals surface area (Å²) in [5.74, 6) is -0.00301. The Morgan fingerprint density at radius 1 is 1.06 bits per heavy atom. The molecule has 1 atom stereocenters. The van der Waals surface area contributed by atoms with E-state index in [2.05, 4.69) is 15.3 Å². The van der Waals surface area contributed by atoms with Gasteiger partial charge in [0.15, 0.2) is 5.82 Å². The van der Waals surface area contributed by atoms with Crippen molar-refractivity contribution >= 4 is 38.4 Å². The van der Waals surface area contributed by atoms with E-state index in [-0.39, 0.29) is 10.9 Å². The molecule has 0 bridgehead atoms. The second-order valence-corrected chi connectivity index (χ2v) is 9.54. The summed E-state index contributed by atoms with van der Waals surface area (Å²) < 4.78 is 51.7. The Labute approximate surface area is 194 Å². The van der Waals surface area contributed by atoms with Gasteiger partial charge in [0.05, 0.1) is 16.5 Å². The van der Waals surface area contributed by atoms with Gasteiger partial charge in [-0.2, -0.15) is 0 Å². The maximum Gasteiger partial charge on any atom is 0.238 e. The van der Waals surface area contributed by atoms with Crippen LogP contribution in [0.25, 0.3) is 11.0 Å². The molecule has 5 rings (SSSR count). The van der Waals surface area contributed by atoms with E-state index in [1.807, 2.05) is 4.90 Å². The Bertz CT molecular complexity index is 1500. The van der Waals surface area contributed by atoms with Crippen LogP contribution >= 0.6 is 0 Å². The first-order valence-electron chi connectivity index (χ1n) is 10.5. The summed E-state index contributed by atoms with van der Waals surface area (Å²) in [6, 6.07) is 12.7. The zero-order chi connectivity index (χ0) is 23.9. The lowest BCUT2D eigenvalue weighted by molar-refractivity contribution is 0.560. The number of hydrogen-bond donors (Lipinski definition) is 2. The summed E-state index contributed by atoms with van der Waals surface area (Å²) in [7, 11) is -3.87. The molecule has 1 fully saturated rings. The first-order chi connectivity index (χ1) is 16.3. The summed E-state index contributed by atoms with van der Waals surface area (Å²) in [6.07, 6.45) is 2.84. The van der Waals surface area contributed by atoms with Crippen LogP contribution in [0.3, 0.4) is 0 Å². The number of aromatic nitrogens is 3. The zero-order valence-corrected chi connectivity index (χ0v) is 18.6. The minimum Gasteiger partial charge on any atom is -0.349 e. The standard InChI is InChI=1S/C23H20F2N6O2S/c24-14-6-7-18(25)17(11-14)20-5-2-10-31(20)21-9-8-19-22(30-21)23(28-13-27-19)29-15-3-1-4-16(12-15)34(26,32)33/h1,3-4,6-9,11-13,20H,2,5,10H2,(H2,26,32,33)(H,27,28,29). The number of sulfonamides is 1. The second kappa shape index (κ2) is 8.58. The molecule has 1 saturated heterocycles. The van der Waals surface area contributed by atoms with Crippen LogP contribution < -0.4 is 15.4 Å². The highest BCUT2D eigenvalue weighted by Crippen LogP contribution is 2.37. The van der Waals surface area contributed by atoms with Crippen molar-refractivity contribution in [3.63, 3.8) is 0 Å². The fraction of sp³-hybridized carbons (Fsp3) is 0.174. The van der Waals surface area contributed by atoms with Crippen molar-refractivity contribution < 1.29 is 17.2 Å². The summed E-state index contributed by atoms with van der Waals surface area (Å²) >= 11 is 0. The Balaban J connectivity index is 1.53. The van der Waals surface area contributed by atoms with Gasteiger partial charge in [0.2, 0.25) is 10.0 Å². The lowest BCUT2D eigenvalue weighted by atomic mass is 10.0. The van der Waals surface area contributed by atoms with Crippen molar-refractivity contribution in [2.24, 2.45) is 5.14 Å². The normalized spacial score (nSPS) is 16.2. The topological polar surface area (TPSA) is 114 Å². The number of rotatable bonds is 5. The molecule has 2 aromatic heterocycles. The van der Waals surface area contributed by atoms with E-state index in [0.717, 1.165) is 18.6 Å². The molecule has 2 aromatic carbocycles. The van der Waals surface area contributed by atoms with Gasteiger partial charge in [-0.15, -0.1) is 0 Å². The van der Waals surface area contributed by atoms with E-state index in [1.54, 1.807) is 24.3 Å². The number of pyridine rings is 1. The average molecular weight is 483 g/mol. The van der Waals surface area contributed by atoms with Gasteiger partial charge < -0.3 is 10.2 Å². The number of halogens is 2. The maximum atomic E-state index is 14.5. The number of benzene rings is 2. The van der Waals surface area contributed by atoms with Crippen LogP contribution in [0, 0.1) is 11.6 Å². The average Bonchev–Trinajstić information content (AvgIpc) is 3.30. The number of fused-ring (bicyclic) bond motifs is 1. The van der Waals surface area contributed by atoms with Crippen molar-refractivity contribution in [3.8, 4) is 0 Å². The van der Waals surface area contributed by atoms with Gasteiger partial charge in [0, 0.05) is 17.8 Å². The molecule has 1 aliphatic heterocycles. The molecule has 0 amide bonds. The lowest BCUT2D eigenvalue weighted by Gasteiger charge is -2.26. The summed E-state index contributed by atoms with van der Waals surface area (Å²) in [5, 5.41) is 8.31. The zero-order valence-electron chi connectivity index (χ0n) is 17.8. The third-order valence-electron chi connectivity index (χ3n) is 5.76. The van der Waals surface area contributed by atoms with E-state index in [1.165, 1.54) is 24.5 Å². The quantitative estimate of drug-likeness (QED) is 0.441. The van der Waals surface area contributed by atoms with E-state index in [4.69, 9.17) is 10.1 Å². The molecule has 0 aliphatic carbocycles. The molecule has 0 saturated carbocycles. The van der Waals surface area contributed by atoms with Gasteiger partial charge in [-0.1, -0.05) is 6.07 Å². The Morgan fingerprint density at radius 2 is 1.91 bits per heavy atom. The van der Waals surface area contributed by atoms with Crippen molar-refractivity contribution in [1.82, 2.24) is 15.0 Å². The van der Waals surface area contributed by atoms with Gasteiger partial charge >= 0.3 is 0 Å². The highest BCUT2D eigenvalue weighted by atomic mass is 32.2. The summed E-state index contributed by atoms with van der Waals surface area (Å²) in [5.41, 5.74) is 1.77. The van der Waals surface area contributed by atoms with Crippen LogP contribution in [0.4, 0.5) is 26.1 Å². The van der Waals surface area contributed by atoms with Crippen molar-refractivity contribution in [1.29, 1.82) is 0 Å². The van der Waals surface area contributed by atoms with Crippen molar-refractivity contribution in [2.45, 2.75) is 23.8 Å². The smallest absolute Gasteiger partial charge is 0.238 e. The van der Waals surface area contributed by atoms with Crippen molar-refractivity contribution in [3.05, 3.63) is 78.1 Å². The monoisotopic (exact) mass is 482 g/mol. The minimum absolute atomic E-state index is 0.0402. The molecule has 4 aromatic rings. The van der Waals surface area contributed by atoms with Crippen LogP contribution in [0.15, 0.2) is 65.8 Å². The van der Waals surface area contributed by atoms with Gasteiger partial charge in [0.1, 0.15) is 29.3 Å². The minimum atomic E-state index is -3.87. The van der Waals surface area contributed by atoms with Crippen LogP contribution in [0.5, 0.6) is 0 Å². The van der Waals surface area contributed by atoms with E-state index in [0.29, 0.717) is 46.9 Å². The van der Waals surface area contributed by atoms with E-state index >= 15 is 0 Å². The third kappa shape index (κ3) is 4.27. The Kier molecular flexibility index (Phi) is 5.58. The van der Waals surface area contributed by atoms with Crippen LogP contribution in [-0.2, 0) is 10.0 Å². The van der Waals surface area contributed by atoms with E-state index in [9.17, 15) is 17.2 Å². The molecule has 0 radical (unpaired) electrons. The molecule has 11 heteroatoms. The van der Waals surface area contributed by atoms with Crippen LogP contribution in [0.2, 0.25) is 0 Å². The Morgan fingerprint density at radius 3 is 2.74 bits per heavy atom. The first-order valence-corrected chi connectivity index (χ1v) is 12.1. The molecule has 3 heterocycles. The van der Waals surface area contributed by atoms with E-state index < -0.39 is 21.7 Å². The number of nitrogens with two attached hydrogens (primary N) is 1. The van der Waals surface area contributed by atoms with Crippen LogP contribution in [0.1, 0.15) is 24.4 Å². The van der Waals surface area contributed by atoms with Gasteiger partial charge in [-0.3, -0.25) is 0 Å². The predicted molar refractivity (Wildman–Crippen MR) is 124 cm³/mol. The molecule has 174 valence electrons. The highest BCUT2D eigenvalue weighted by molar-refractivity contribution is 7.89. The number of primary sulfonamides is 1. The molecule has 1 aliphatic rings. The summed E-state index contributed by atoms with van der Waals surface area (Å²) in [6.45, 7) is 0.631. The molecular weight excluding hydrogens is 462 g/mol. The van der Waals surface area contributed by atoms with Gasteiger partial charge in [-0.05, 0) is 61.4 Å². The predicted octanol–water partition coefficient (Wildman–Crippen LogP) is 4.04. The molecular formula is C23H20F2N6O2S. The fourth-order valence-corrected chi connectivity index (χ4v) is 4.76. The first kappa shape index (κ1) is 22.1. The number of nitrogens with zero attached hydrogens (tertiary/aromatic N) is 4. The number of hydrogen-bond acceptors (Lipinski definition) is 7. The number of nitrogens with one attached hydrogen (secondary N) is 1. The highest BCUT2D eigenvalue weighted by Gasteiger charge is 2.30. The molecule has 1 unspecified atom stereocenters. The molecule has 8 nitrogen and oxygen atoms in total. The van der Waals surface area contributed by atoms with Crippen molar-refractivity contribution in [2.75, 3.05) is 16.8 Å². The van der Waals surface area contributed by atoms with Crippen LogP contribution in [-0.4, -0.2) is 29.9 Å². The second-order valence-electron chi connectivity index (χ2n) is 7.97. The largest absolute Gasteiger partial charge is 0.349 e. The Hall–Kier alpha value is -3.70. The van der Waals surface area contributed by atoms with Gasteiger partial charge in [0.25, 0.3) is 0 Å². The summed E-state index contributed by atoms with van der Waals surface area (Å²) in [4.78, 5) is 15.2. The maximum absolute atomic E-state index is 14.5. The fourth-order valence-electron chi connectivity index (χ4n) is 4.20. The molecule has 34 heavy (non-hydrogen) atoms. The molecule has 3 N–H and O–H groups in total. The lowest BCUT2D eigenvalue weighted by Crippen LogP contribution is -2.24. The SMILES string of the molecule is NS(=O)(=O)c1cccc(Nc2ncnc3ccc(N4CCCC4c4cc(F)ccc4F)nc23)c1. The van der Waals surface area contributed by atoms with Gasteiger partial charge in [-0.25, -0.2) is 37.3 Å². The third-order valence-corrected chi connectivity index (χ3v) is 6.67. The molecule has 0 spiro atoms.